The Bertz CT molecular complexity index is 906. The first-order chi connectivity index (χ1) is 12.3. The fourth-order valence-corrected chi connectivity index (χ4v) is 5.16. The summed E-state index contributed by atoms with van der Waals surface area (Å²) in [5, 5.41) is 7.05. The number of carbonyl (C=O) groups excluding carboxylic acids is 1. The van der Waals surface area contributed by atoms with Crippen molar-refractivity contribution in [3.8, 4) is 0 Å². The number of aryl methyl sites for hydroxylation is 2. The first-order valence-corrected chi connectivity index (χ1v) is 10.1. The third-order valence-corrected chi connectivity index (χ3v) is 6.76. The van der Waals surface area contributed by atoms with Gasteiger partial charge in [-0.25, -0.2) is 8.42 Å². The maximum absolute atomic E-state index is 12.9. The molecule has 140 valence electrons. The second-order valence-corrected chi connectivity index (χ2v) is 8.67. The lowest BCUT2D eigenvalue weighted by Gasteiger charge is -2.31. The van der Waals surface area contributed by atoms with Crippen LogP contribution in [0.1, 0.15) is 24.3 Å². The molecule has 0 spiro atoms. The Hall–Kier alpha value is -1.90. The Kier molecular flexibility index (Phi) is 5.36. The molecule has 1 N–H and O–H groups in total. The number of carbonyl (C=O) groups is 1. The lowest BCUT2D eigenvalue weighted by atomic mass is 9.99. The molecule has 1 unspecified atom stereocenters. The van der Waals surface area contributed by atoms with Crippen molar-refractivity contribution in [1.29, 1.82) is 0 Å². The van der Waals surface area contributed by atoms with Gasteiger partial charge in [-0.1, -0.05) is 22.8 Å². The van der Waals surface area contributed by atoms with Gasteiger partial charge in [-0.2, -0.15) is 4.31 Å². The SMILES string of the molecule is Cc1noc(C)c1S(=O)(=O)N1CCCC(C(=O)Nc2cccc(Cl)c2)C1. The molecule has 26 heavy (non-hydrogen) atoms. The van der Waals surface area contributed by atoms with Crippen molar-refractivity contribution < 1.29 is 17.7 Å². The monoisotopic (exact) mass is 397 g/mol. The molecular formula is C17H20ClN3O4S. The molecule has 1 aromatic carbocycles. The van der Waals surface area contributed by atoms with Crippen molar-refractivity contribution in [1.82, 2.24) is 9.46 Å². The fraction of sp³-hybridized carbons (Fsp3) is 0.412. The first-order valence-electron chi connectivity index (χ1n) is 8.28. The number of nitrogens with zero attached hydrogens (tertiary/aromatic N) is 2. The van der Waals surface area contributed by atoms with Crippen molar-refractivity contribution in [2.75, 3.05) is 18.4 Å². The lowest BCUT2D eigenvalue weighted by Crippen LogP contribution is -2.43. The molecule has 1 aliphatic heterocycles. The van der Waals surface area contributed by atoms with Crippen molar-refractivity contribution in [3.63, 3.8) is 0 Å². The number of halogens is 1. The van der Waals surface area contributed by atoms with Gasteiger partial charge in [0, 0.05) is 23.8 Å². The molecule has 0 bridgehead atoms. The van der Waals surface area contributed by atoms with Crippen molar-refractivity contribution in [2.24, 2.45) is 5.92 Å². The van der Waals surface area contributed by atoms with Gasteiger partial charge in [0.15, 0.2) is 5.76 Å². The van der Waals surface area contributed by atoms with Crippen LogP contribution in [-0.2, 0) is 14.8 Å². The van der Waals surface area contributed by atoms with E-state index in [1.165, 1.54) is 4.31 Å². The maximum atomic E-state index is 12.9. The van der Waals surface area contributed by atoms with Gasteiger partial charge in [0.25, 0.3) is 0 Å². The summed E-state index contributed by atoms with van der Waals surface area (Å²) in [6.45, 7) is 3.66. The fourth-order valence-electron chi connectivity index (χ4n) is 3.16. The third kappa shape index (κ3) is 3.77. The van der Waals surface area contributed by atoms with Crippen LogP contribution >= 0.6 is 11.6 Å². The highest BCUT2D eigenvalue weighted by Crippen LogP contribution is 2.28. The topological polar surface area (TPSA) is 92.5 Å². The predicted octanol–water partition coefficient (Wildman–Crippen LogP) is 2.98. The van der Waals surface area contributed by atoms with E-state index in [-0.39, 0.29) is 23.1 Å². The van der Waals surface area contributed by atoms with Crippen LogP contribution in [0.25, 0.3) is 0 Å². The number of benzene rings is 1. The molecule has 7 nitrogen and oxygen atoms in total. The Balaban J connectivity index is 1.76. The third-order valence-electron chi connectivity index (χ3n) is 4.41. The standard InChI is InChI=1S/C17H20ClN3O4S/c1-11-16(12(2)25-20-11)26(23,24)21-8-4-5-13(10-21)17(22)19-15-7-3-6-14(18)9-15/h3,6-7,9,13H,4-5,8,10H2,1-2H3,(H,19,22). The Morgan fingerprint density at radius 1 is 1.38 bits per heavy atom. The molecule has 1 atom stereocenters. The van der Waals surface area contributed by atoms with Crippen molar-refractivity contribution in [2.45, 2.75) is 31.6 Å². The van der Waals surface area contributed by atoms with Gasteiger partial charge in [0.1, 0.15) is 10.6 Å². The number of sulfonamides is 1. The van der Waals surface area contributed by atoms with E-state index in [2.05, 4.69) is 10.5 Å². The average Bonchev–Trinajstić information content (AvgIpc) is 2.94. The van der Waals surface area contributed by atoms with Crippen LogP contribution in [0.5, 0.6) is 0 Å². The summed E-state index contributed by atoms with van der Waals surface area (Å²) in [6.07, 6.45) is 1.23. The number of rotatable bonds is 4. The zero-order chi connectivity index (χ0) is 18.9. The normalized spacial score (nSPS) is 18.7. The van der Waals surface area contributed by atoms with E-state index in [1.807, 2.05) is 0 Å². The summed E-state index contributed by atoms with van der Waals surface area (Å²) < 4.78 is 32.2. The molecule has 1 amide bonds. The summed E-state index contributed by atoms with van der Waals surface area (Å²) in [7, 11) is -3.75. The quantitative estimate of drug-likeness (QED) is 0.856. The van der Waals surface area contributed by atoms with Gasteiger partial charge in [-0.05, 0) is 44.9 Å². The van der Waals surface area contributed by atoms with Gasteiger partial charge in [-0.3, -0.25) is 4.79 Å². The number of hydrogen-bond donors (Lipinski definition) is 1. The minimum absolute atomic E-state index is 0.0911. The molecule has 0 saturated carbocycles. The van der Waals surface area contributed by atoms with Gasteiger partial charge in [0.2, 0.25) is 15.9 Å². The van der Waals surface area contributed by atoms with Gasteiger partial charge in [-0.15, -0.1) is 0 Å². The summed E-state index contributed by atoms with van der Waals surface area (Å²) in [4.78, 5) is 12.7. The maximum Gasteiger partial charge on any atom is 0.248 e. The molecule has 0 radical (unpaired) electrons. The highest BCUT2D eigenvalue weighted by Gasteiger charge is 2.36. The summed E-state index contributed by atoms with van der Waals surface area (Å²) in [5.41, 5.74) is 0.918. The number of hydrogen-bond acceptors (Lipinski definition) is 5. The Labute approximate surface area is 157 Å². The average molecular weight is 398 g/mol. The van der Waals surface area contributed by atoms with E-state index in [0.29, 0.717) is 35.8 Å². The zero-order valence-electron chi connectivity index (χ0n) is 14.5. The number of piperidine rings is 1. The molecule has 1 fully saturated rings. The van der Waals surface area contributed by atoms with Crippen LogP contribution < -0.4 is 5.32 Å². The molecule has 1 aliphatic rings. The van der Waals surface area contributed by atoms with Crippen LogP contribution in [0.2, 0.25) is 5.02 Å². The second kappa shape index (κ2) is 7.38. The largest absolute Gasteiger partial charge is 0.360 e. The van der Waals surface area contributed by atoms with E-state index < -0.39 is 15.9 Å². The van der Waals surface area contributed by atoms with E-state index in [9.17, 15) is 13.2 Å². The van der Waals surface area contributed by atoms with Gasteiger partial charge in [0.05, 0.1) is 5.92 Å². The number of nitrogens with one attached hydrogen (secondary N) is 1. The molecular weight excluding hydrogens is 378 g/mol. The summed E-state index contributed by atoms with van der Waals surface area (Å²) in [5.74, 6) is -0.392. The minimum Gasteiger partial charge on any atom is -0.360 e. The van der Waals surface area contributed by atoms with Crippen LogP contribution in [-0.4, -0.2) is 36.9 Å². The smallest absolute Gasteiger partial charge is 0.248 e. The van der Waals surface area contributed by atoms with E-state index in [1.54, 1.807) is 38.1 Å². The van der Waals surface area contributed by atoms with E-state index >= 15 is 0 Å². The second-order valence-electron chi connectivity index (χ2n) is 6.36. The summed E-state index contributed by atoms with van der Waals surface area (Å²) >= 11 is 5.93. The molecule has 0 aliphatic carbocycles. The van der Waals surface area contributed by atoms with Gasteiger partial charge < -0.3 is 9.84 Å². The Morgan fingerprint density at radius 3 is 2.81 bits per heavy atom. The predicted molar refractivity (Wildman–Crippen MR) is 97.5 cm³/mol. The number of anilines is 1. The molecule has 2 heterocycles. The number of aromatic nitrogens is 1. The lowest BCUT2D eigenvalue weighted by molar-refractivity contribution is -0.120. The van der Waals surface area contributed by atoms with Crippen LogP contribution in [0, 0.1) is 19.8 Å². The molecule has 1 saturated heterocycles. The molecule has 2 aromatic rings. The summed E-state index contributed by atoms with van der Waals surface area (Å²) in [6, 6.07) is 6.86. The Morgan fingerprint density at radius 2 is 2.15 bits per heavy atom. The molecule has 3 rings (SSSR count). The van der Waals surface area contributed by atoms with Crippen LogP contribution in [0.15, 0.2) is 33.7 Å². The minimum atomic E-state index is -3.75. The van der Waals surface area contributed by atoms with E-state index in [4.69, 9.17) is 16.1 Å². The van der Waals surface area contributed by atoms with E-state index in [0.717, 1.165) is 0 Å². The van der Waals surface area contributed by atoms with Crippen LogP contribution in [0.4, 0.5) is 5.69 Å². The zero-order valence-corrected chi connectivity index (χ0v) is 16.1. The van der Waals surface area contributed by atoms with Crippen molar-refractivity contribution in [3.05, 3.63) is 40.7 Å². The van der Waals surface area contributed by atoms with Crippen molar-refractivity contribution >= 4 is 33.2 Å². The van der Waals surface area contributed by atoms with Gasteiger partial charge >= 0.3 is 0 Å². The molecule has 9 heteroatoms. The highest BCUT2D eigenvalue weighted by molar-refractivity contribution is 7.89. The molecule has 1 aromatic heterocycles. The number of amides is 1. The van der Waals surface area contributed by atoms with Crippen LogP contribution in [0.3, 0.4) is 0 Å². The first kappa shape index (κ1) is 18.9. The highest BCUT2D eigenvalue weighted by atomic mass is 35.5.